The van der Waals surface area contributed by atoms with E-state index in [1.54, 1.807) is 19.1 Å². The molecule has 20 heavy (non-hydrogen) atoms. The minimum atomic E-state index is -0.413. The van der Waals surface area contributed by atoms with Crippen molar-refractivity contribution in [2.75, 3.05) is 11.4 Å². The van der Waals surface area contributed by atoms with Crippen LogP contribution in [0.4, 0.5) is 20.2 Å². The molecule has 3 rings (SSSR count). The third-order valence-electron chi connectivity index (χ3n) is 3.72. The van der Waals surface area contributed by atoms with Gasteiger partial charge in [0, 0.05) is 29.5 Å². The second-order valence-corrected chi connectivity index (χ2v) is 5.14. The van der Waals surface area contributed by atoms with E-state index in [4.69, 9.17) is 5.73 Å². The van der Waals surface area contributed by atoms with Crippen LogP contribution in [0.5, 0.6) is 0 Å². The molecule has 2 aromatic rings. The lowest BCUT2D eigenvalue weighted by atomic mass is 10.0. The lowest BCUT2D eigenvalue weighted by Gasteiger charge is -2.24. The van der Waals surface area contributed by atoms with Crippen molar-refractivity contribution in [2.24, 2.45) is 5.73 Å². The average Bonchev–Trinajstić information content (AvgIpc) is 2.80. The summed E-state index contributed by atoms with van der Waals surface area (Å²) in [5, 5.41) is 0. The molecule has 2 nitrogen and oxygen atoms in total. The summed E-state index contributed by atoms with van der Waals surface area (Å²) in [5.74, 6) is -0.600. The number of hydrogen-bond acceptors (Lipinski definition) is 2. The van der Waals surface area contributed by atoms with Gasteiger partial charge in [0.2, 0.25) is 0 Å². The van der Waals surface area contributed by atoms with Gasteiger partial charge in [-0.05, 0) is 43.2 Å². The Bertz CT molecular complexity index is 653. The third-order valence-corrected chi connectivity index (χ3v) is 3.72. The van der Waals surface area contributed by atoms with Gasteiger partial charge < -0.3 is 10.6 Å². The molecule has 0 bridgehead atoms. The molecule has 0 unspecified atom stereocenters. The standard InChI is InChI=1S/C16H16F2N2/c1-10(19)16-13(18)3-2-4-14(16)20-8-7-11-5-6-12(17)9-15(11)20/h2-6,9-10H,7-8,19H2,1H3/t10-/m1/s1. The van der Waals surface area contributed by atoms with Crippen LogP contribution in [0, 0.1) is 11.6 Å². The lowest BCUT2D eigenvalue weighted by Crippen LogP contribution is -2.19. The number of rotatable bonds is 2. The highest BCUT2D eigenvalue weighted by Crippen LogP contribution is 2.38. The first-order valence-corrected chi connectivity index (χ1v) is 6.68. The molecule has 0 fully saturated rings. The van der Waals surface area contributed by atoms with Gasteiger partial charge in [0.1, 0.15) is 11.6 Å². The molecule has 104 valence electrons. The number of fused-ring (bicyclic) bond motifs is 1. The van der Waals surface area contributed by atoms with Crippen LogP contribution < -0.4 is 10.6 Å². The van der Waals surface area contributed by atoms with Gasteiger partial charge in [0.25, 0.3) is 0 Å². The fourth-order valence-electron chi connectivity index (χ4n) is 2.81. The van der Waals surface area contributed by atoms with E-state index < -0.39 is 6.04 Å². The number of nitrogens with zero attached hydrogens (tertiary/aromatic N) is 1. The SMILES string of the molecule is C[C@@H](N)c1c(F)cccc1N1CCc2ccc(F)cc21. The summed E-state index contributed by atoms with van der Waals surface area (Å²) in [6, 6.07) is 9.23. The molecule has 0 radical (unpaired) electrons. The van der Waals surface area contributed by atoms with Gasteiger partial charge in [-0.2, -0.15) is 0 Å². The van der Waals surface area contributed by atoms with Gasteiger partial charge in [-0.3, -0.25) is 0 Å². The summed E-state index contributed by atoms with van der Waals surface area (Å²) in [5.41, 5.74) is 8.97. The zero-order chi connectivity index (χ0) is 14.3. The molecule has 2 aromatic carbocycles. The van der Waals surface area contributed by atoms with Crippen LogP contribution in [0.1, 0.15) is 24.1 Å². The second-order valence-electron chi connectivity index (χ2n) is 5.14. The van der Waals surface area contributed by atoms with E-state index in [2.05, 4.69) is 0 Å². The van der Waals surface area contributed by atoms with Crippen molar-refractivity contribution < 1.29 is 8.78 Å². The van der Waals surface area contributed by atoms with E-state index in [1.807, 2.05) is 11.0 Å². The Labute approximate surface area is 116 Å². The van der Waals surface area contributed by atoms with Crippen molar-refractivity contribution >= 4 is 11.4 Å². The van der Waals surface area contributed by atoms with Crippen LogP contribution >= 0.6 is 0 Å². The Kier molecular flexibility index (Phi) is 3.18. The van der Waals surface area contributed by atoms with Crippen LogP contribution in [0.15, 0.2) is 36.4 Å². The minimum absolute atomic E-state index is 0.283. The summed E-state index contributed by atoms with van der Waals surface area (Å²) < 4.78 is 27.5. The van der Waals surface area contributed by atoms with Gasteiger partial charge in [-0.25, -0.2) is 8.78 Å². The van der Waals surface area contributed by atoms with Crippen LogP contribution in [0.2, 0.25) is 0 Å². The maximum Gasteiger partial charge on any atom is 0.130 e. The van der Waals surface area contributed by atoms with Gasteiger partial charge in [0.05, 0.1) is 0 Å². The number of anilines is 2. The predicted octanol–water partition coefficient (Wildman–Crippen LogP) is 3.68. The van der Waals surface area contributed by atoms with Crippen molar-refractivity contribution in [3.63, 3.8) is 0 Å². The molecule has 1 aliphatic rings. The summed E-state index contributed by atoms with van der Waals surface area (Å²) in [7, 11) is 0. The normalized spacial score (nSPS) is 15.3. The molecule has 0 saturated heterocycles. The van der Waals surface area contributed by atoms with Gasteiger partial charge in [-0.1, -0.05) is 12.1 Å². The van der Waals surface area contributed by atoms with Crippen molar-refractivity contribution in [3.8, 4) is 0 Å². The Morgan fingerprint density at radius 3 is 2.70 bits per heavy atom. The molecule has 0 spiro atoms. The molecule has 0 amide bonds. The summed E-state index contributed by atoms with van der Waals surface area (Å²) in [6.45, 7) is 2.46. The van der Waals surface area contributed by atoms with Crippen molar-refractivity contribution in [3.05, 3.63) is 59.2 Å². The van der Waals surface area contributed by atoms with E-state index in [0.29, 0.717) is 12.1 Å². The first kappa shape index (κ1) is 13.1. The molecule has 4 heteroatoms. The highest BCUT2D eigenvalue weighted by molar-refractivity contribution is 5.72. The zero-order valence-electron chi connectivity index (χ0n) is 11.2. The first-order valence-electron chi connectivity index (χ1n) is 6.68. The van der Waals surface area contributed by atoms with Crippen LogP contribution in [-0.4, -0.2) is 6.54 Å². The molecule has 2 N–H and O–H groups in total. The molecule has 0 saturated carbocycles. The van der Waals surface area contributed by atoms with Gasteiger partial charge in [-0.15, -0.1) is 0 Å². The highest BCUT2D eigenvalue weighted by Gasteiger charge is 2.25. The molecular formula is C16H16F2N2. The Morgan fingerprint density at radius 1 is 1.15 bits per heavy atom. The topological polar surface area (TPSA) is 29.3 Å². The van der Waals surface area contributed by atoms with Crippen molar-refractivity contribution in [1.29, 1.82) is 0 Å². The van der Waals surface area contributed by atoms with E-state index in [0.717, 1.165) is 23.4 Å². The Hall–Kier alpha value is -1.94. The fraction of sp³-hybridized carbons (Fsp3) is 0.250. The van der Waals surface area contributed by atoms with E-state index in [9.17, 15) is 8.78 Å². The number of nitrogens with two attached hydrogens (primary N) is 1. The second kappa shape index (κ2) is 4.87. The average molecular weight is 274 g/mol. The van der Waals surface area contributed by atoms with E-state index >= 15 is 0 Å². The summed E-state index contributed by atoms with van der Waals surface area (Å²) in [6.07, 6.45) is 0.824. The maximum absolute atomic E-state index is 14.0. The molecule has 0 aliphatic carbocycles. The minimum Gasteiger partial charge on any atom is -0.340 e. The monoisotopic (exact) mass is 274 g/mol. The third kappa shape index (κ3) is 2.06. The van der Waals surface area contributed by atoms with Crippen LogP contribution in [0.3, 0.4) is 0 Å². The Morgan fingerprint density at radius 2 is 1.95 bits per heavy atom. The summed E-state index contributed by atoms with van der Waals surface area (Å²) >= 11 is 0. The smallest absolute Gasteiger partial charge is 0.130 e. The highest BCUT2D eigenvalue weighted by atomic mass is 19.1. The van der Waals surface area contributed by atoms with Gasteiger partial charge >= 0.3 is 0 Å². The number of hydrogen-bond donors (Lipinski definition) is 1. The largest absolute Gasteiger partial charge is 0.340 e. The Balaban J connectivity index is 2.13. The molecule has 1 aliphatic heterocycles. The van der Waals surface area contributed by atoms with Crippen LogP contribution in [-0.2, 0) is 6.42 Å². The van der Waals surface area contributed by atoms with Crippen molar-refractivity contribution in [2.45, 2.75) is 19.4 Å². The number of benzene rings is 2. The molecule has 0 aromatic heterocycles. The maximum atomic E-state index is 14.0. The van der Waals surface area contributed by atoms with Gasteiger partial charge in [0.15, 0.2) is 0 Å². The molecule has 1 atom stereocenters. The first-order chi connectivity index (χ1) is 9.58. The predicted molar refractivity (Wildman–Crippen MR) is 76.1 cm³/mol. The quantitative estimate of drug-likeness (QED) is 0.905. The molecular weight excluding hydrogens is 258 g/mol. The number of halogens is 2. The molecule has 1 heterocycles. The fourth-order valence-corrected chi connectivity index (χ4v) is 2.81. The summed E-state index contributed by atoms with van der Waals surface area (Å²) in [4.78, 5) is 1.94. The van der Waals surface area contributed by atoms with E-state index in [-0.39, 0.29) is 11.6 Å². The zero-order valence-corrected chi connectivity index (χ0v) is 11.2. The van der Waals surface area contributed by atoms with E-state index in [1.165, 1.54) is 18.2 Å². The lowest BCUT2D eigenvalue weighted by molar-refractivity contribution is 0.593. The van der Waals surface area contributed by atoms with Crippen LogP contribution in [0.25, 0.3) is 0 Å². The van der Waals surface area contributed by atoms with Crippen molar-refractivity contribution in [1.82, 2.24) is 0 Å².